The smallest absolute Gasteiger partial charge is 0.204 e. The molecule has 3 aliphatic rings. The van der Waals surface area contributed by atoms with Crippen LogP contribution in [0.2, 0.25) is 0 Å². The predicted octanol–water partition coefficient (Wildman–Crippen LogP) is 13.6. The number of hydrogen-bond donors (Lipinski definition) is 0. The Labute approximate surface area is 392 Å². The average molecular weight is 1020 g/mol. The van der Waals surface area contributed by atoms with Crippen LogP contribution < -0.4 is 19.2 Å². The van der Waals surface area contributed by atoms with E-state index in [1.165, 1.54) is 72.6 Å². The summed E-state index contributed by atoms with van der Waals surface area (Å²) in [6.07, 6.45) is 3.94. The number of aromatic nitrogens is 2. The molecule has 0 saturated heterocycles. The summed E-state index contributed by atoms with van der Waals surface area (Å²) in [5, 5.41) is 4.65. The van der Waals surface area contributed by atoms with Crippen LogP contribution in [0.1, 0.15) is 154 Å². The molecule has 0 amide bonds. The number of anilines is 3. The number of benzene rings is 5. The van der Waals surface area contributed by atoms with Crippen molar-refractivity contribution in [2.24, 2.45) is 0 Å². The van der Waals surface area contributed by atoms with Gasteiger partial charge in [-0.15, -0.1) is 23.8 Å². The summed E-state index contributed by atoms with van der Waals surface area (Å²) in [4.78, 5) is 4.61. The van der Waals surface area contributed by atoms with E-state index in [1.54, 1.807) is 0 Å². The molecule has 1 aromatic heterocycles. The topological polar surface area (TPSA) is 32.5 Å². The van der Waals surface area contributed by atoms with Crippen LogP contribution in [0.3, 0.4) is 0 Å². The van der Waals surface area contributed by atoms with E-state index in [2.05, 4.69) is 211 Å². The molecular formula is C57H64N4OPt-2. The van der Waals surface area contributed by atoms with Crippen molar-refractivity contribution in [2.75, 3.05) is 16.8 Å². The Hall–Kier alpha value is -4.73. The van der Waals surface area contributed by atoms with Crippen molar-refractivity contribution in [3.05, 3.63) is 160 Å². The largest absolute Gasteiger partial charge is 0.509 e. The molecule has 1 spiro atoms. The molecule has 0 radical (unpaired) electrons. The van der Waals surface area contributed by atoms with Crippen LogP contribution in [-0.4, -0.2) is 12.1 Å². The number of hydrogen-bond acceptors (Lipinski definition) is 4. The number of ether oxygens (including phenoxy) is 1. The summed E-state index contributed by atoms with van der Waals surface area (Å²) < 4.78 is 8.66. The first-order valence-corrected chi connectivity index (χ1v) is 22.4. The summed E-state index contributed by atoms with van der Waals surface area (Å²) in [7, 11) is 2.16. The van der Waals surface area contributed by atoms with Gasteiger partial charge in [0.2, 0.25) is 6.20 Å². The summed E-state index contributed by atoms with van der Waals surface area (Å²) in [5.41, 5.74) is 17.7. The number of rotatable bonds is 3. The van der Waals surface area contributed by atoms with E-state index in [0.717, 1.165) is 11.4 Å². The summed E-state index contributed by atoms with van der Waals surface area (Å²) >= 11 is 0. The Morgan fingerprint density at radius 2 is 1.16 bits per heavy atom. The second-order valence-corrected chi connectivity index (χ2v) is 23.1. The number of fused-ring (bicyclic) bond motifs is 9. The molecule has 0 unspecified atom stereocenters. The fourth-order valence-electron chi connectivity index (χ4n) is 9.94. The molecule has 0 atom stereocenters. The molecule has 5 aromatic carbocycles. The monoisotopic (exact) mass is 1020 g/mol. The van der Waals surface area contributed by atoms with Crippen LogP contribution >= 0.6 is 0 Å². The fraction of sp³-hybridized carbons (Fsp3) is 0.386. The fourth-order valence-corrected chi connectivity index (χ4v) is 9.94. The molecule has 1 aliphatic carbocycles. The van der Waals surface area contributed by atoms with E-state index in [4.69, 9.17) is 4.74 Å². The maximum Gasteiger partial charge on any atom is 0.204 e. The molecule has 0 fully saturated rings. The third-order valence-corrected chi connectivity index (χ3v) is 13.3. The third-order valence-electron chi connectivity index (χ3n) is 13.3. The quantitative estimate of drug-likeness (QED) is 0.130. The van der Waals surface area contributed by atoms with Gasteiger partial charge in [0, 0.05) is 54.9 Å². The molecule has 0 N–H and O–H groups in total. The van der Waals surface area contributed by atoms with E-state index in [0.29, 0.717) is 11.5 Å². The summed E-state index contributed by atoms with van der Waals surface area (Å²) in [5.74, 6) is 1.24. The minimum Gasteiger partial charge on any atom is -0.509 e. The van der Waals surface area contributed by atoms with Crippen molar-refractivity contribution in [3.63, 3.8) is 0 Å². The normalized spacial score (nSPS) is 15.2. The average Bonchev–Trinajstić information content (AvgIpc) is 3.67. The zero-order valence-electron chi connectivity index (χ0n) is 40.3. The Morgan fingerprint density at radius 3 is 1.71 bits per heavy atom. The van der Waals surface area contributed by atoms with E-state index in [-0.39, 0.29) is 48.1 Å². The van der Waals surface area contributed by atoms with E-state index < -0.39 is 5.41 Å². The van der Waals surface area contributed by atoms with Crippen LogP contribution in [0.4, 0.5) is 17.1 Å². The maximum atomic E-state index is 6.77. The van der Waals surface area contributed by atoms with Crippen LogP contribution in [0, 0.1) is 18.8 Å². The first-order valence-electron chi connectivity index (χ1n) is 22.4. The van der Waals surface area contributed by atoms with E-state index >= 15 is 0 Å². The predicted molar refractivity (Wildman–Crippen MR) is 256 cm³/mol. The van der Waals surface area contributed by atoms with Gasteiger partial charge in [0.1, 0.15) is 5.69 Å². The third kappa shape index (κ3) is 7.16. The van der Waals surface area contributed by atoms with Crippen molar-refractivity contribution in [1.82, 2.24) is 5.10 Å². The standard InChI is InChI=1S/C57H64N4O.Pt/c1-52(2,3)35-25-26-58-61(33-35)38-19-17-20-39(31-38)62-40-23-24-43-48(32-40)60-34-59(16)47-22-18-21-44(51(47)60)57(43)49-41(27-36(53(4,5)6)29-45(49)55(10,11)12)42-28-37(54(7,8)9)30-46(50(42)57)56(13,14)15;/h17-30,33-34H,1-16H3;/q-2;. The Bertz CT molecular complexity index is 2720. The first kappa shape index (κ1) is 44.9. The number of nitrogens with zero attached hydrogens (tertiary/aromatic N) is 4. The minimum absolute atomic E-state index is 0. The maximum absolute atomic E-state index is 6.77. The van der Waals surface area contributed by atoms with Gasteiger partial charge in [-0.25, -0.2) is 0 Å². The molecule has 2 aliphatic heterocycles. The SMILES string of the molecule is CN1[CH-]N2c3[c-]c(Oc4[c-]c(-[n+]5cc(C(C)(C)C)ccn5)ccc4)ccc3C3(c4cccc1c42)c1c(cc(C(C)(C)C)cc1C(C)(C)C)-c1cc(C(C)(C)C)cc(C(C)(C)C)c13.[Pt]. The van der Waals surface area contributed by atoms with Gasteiger partial charge >= 0.3 is 0 Å². The Balaban J connectivity index is 0.00000544. The van der Waals surface area contributed by atoms with Crippen molar-refractivity contribution >= 4 is 17.1 Å². The second kappa shape index (κ2) is 14.6. The van der Waals surface area contributed by atoms with Crippen molar-refractivity contribution in [2.45, 2.75) is 136 Å². The van der Waals surface area contributed by atoms with Gasteiger partial charge in [0.25, 0.3) is 0 Å². The van der Waals surface area contributed by atoms with Crippen molar-refractivity contribution < 1.29 is 30.5 Å². The van der Waals surface area contributed by atoms with Gasteiger partial charge in [-0.05, 0) is 101 Å². The van der Waals surface area contributed by atoms with E-state index in [9.17, 15) is 0 Å². The Kier molecular flexibility index (Phi) is 10.4. The molecule has 330 valence electrons. The summed E-state index contributed by atoms with van der Waals surface area (Å²) in [6.45, 7) is 37.3. The molecule has 6 aromatic rings. The van der Waals surface area contributed by atoms with Crippen LogP contribution in [-0.2, 0) is 53.6 Å². The van der Waals surface area contributed by atoms with Crippen LogP contribution in [0.25, 0.3) is 16.8 Å². The van der Waals surface area contributed by atoms with Crippen LogP contribution in [0.15, 0.2) is 91.3 Å². The molecule has 63 heavy (non-hydrogen) atoms. The molecule has 0 bridgehead atoms. The molecular weight excluding hydrogens is 952 g/mol. The van der Waals surface area contributed by atoms with Crippen molar-refractivity contribution in [1.29, 1.82) is 0 Å². The first-order chi connectivity index (χ1) is 28.8. The minimum atomic E-state index is -0.652. The number of para-hydroxylation sites is 1. The molecule has 5 nitrogen and oxygen atoms in total. The van der Waals surface area contributed by atoms with Gasteiger partial charge in [-0.2, -0.15) is 18.8 Å². The molecule has 6 heteroatoms. The molecule has 3 heterocycles. The molecule has 0 saturated carbocycles. The summed E-state index contributed by atoms with van der Waals surface area (Å²) in [6, 6.07) is 37.0. The zero-order chi connectivity index (χ0) is 44.7. The van der Waals surface area contributed by atoms with Gasteiger partial charge in [-0.3, -0.25) is 0 Å². The van der Waals surface area contributed by atoms with Gasteiger partial charge in [0.15, 0.2) is 0 Å². The Morgan fingerprint density at radius 1 is 0.603 bits per heavy atom. The van der Waals surface area contributed by atoms with Gasteiger partial charge in [0.05, 0.1) is 6.20 Å². The van der Waals surface area contributed by atoms with Crippen LogP contribution in [0.5, 0.6) is 11.5 Å². The second-order valence-electron chi connectivity index (χ2n) is 23.1. The van der Waals surface area contributed by atoms with Gasteiger partial charge in [-0.1, -0.05) is 163 Å². The van der Waals surface area contributed by atoms with E-state index in [1.807, 2.05) is 29.1 Å². The van der Waals surface area contributed by atoms with Gasteiger partial charge < -0.3 is 14.5 Å². The zero-order valence-corrected chi connectivity index (χ0v) is 42.5. The van der Waals surface area contributed by atoms with Crippen molar-refractivity contribution in [3.8, 4) is 28.3 Å². The molecule has 9 rings (SSSR count).